The summed E-state index contributed by atoms with van der Waals surface area (Å²) in [5, 5.41) is 0. The third kappa shape index (κ3) is 2.99. The molecule has 1 fully saturated rings. The van der Waals surface area contributed by atoms with Gasteiger partial charge < -0.3 is 4.74 Å². The van der Waals surface area contributed by atoms with Gasteiger partial charge in [-0.25, -0.2) is 9.79 Å². The minimum atomic E-state index is 0.417. The molecule has 1 rings (SSSR count). The van der Waals surface area contributed by atoms with Gasteiger partial charge in [-0.2, -0.15) is 0 Å². The Bertz CT molecular complexity index is 201. The first-order chi connectivity index (χ1) is 5.83. The third-order valence-corrected chi connectivity index (χ3v) is 1.97. The summed E-state index contributed by atoms with van der Waals surface area (Å²) in [4.78, 5) is 13.3. The minimum absolute atomic E-state index is 0.417. The summed E-state index contributed by atoms with van der Waals surface area (Å²) in [6.45, 7) is 5.92. The van der Waals surface area contributed by atoms with Crippen molar-refractivity contribution in [3.63, 3.8) is 0 Å². The Kier molecular flexibility index (Phi) is 3.71. The number of isocyanates is 1. The van der Waals surface area contributed by atoms with Crippen molar-refractivity contribution in [3.8, 4) is 0 Å². The summed E-state index contributed by atoms with van der Waals surface area (Å²) in [6.07, 6.45) is 3.53. The molecule has 1 aliphatic heterocycles. The number of hydrogen-bond acceptors (Lipinski definition) is 3. The van der Waals surface area contributed by atoms with E-state index in [1.165, 1.54) is 6.08 Å². The highest BCUT2D eigenvalue weighted by Crippen LogP contribution is 2.19. The molecule has 0 aromatic heterocycles. The van der Waals surface area contributed by atoms with Gasteiger partial charge in [-0.15, -0.1) is 0 Å². The lowest BCUT2D eigenvalue weighted by Crippen LogP contribution is -2.01. The smallest absolute Gasteiger partial charge is 0.235 e. The maximum atomic E-state index is 9.79. The normalized spacial score (nSPS) is 21.8. The zero-order valence-corrected chi connectivity index (χ0v) is 7.08. The van der Waals surface area contributed by atoms with E-state index in [0.717, 1.165) is 31.6 Å². The van der Waals surface area contributed by atoms with Gasteiger partial charge in [0.2, 0.25) is 6.08 Å². The molecule has 0 radical (unpaired) electrons. The largest absolute Gasteiger partial charge is 0.381 e. The first kappa shape index (κ1) is 9.17. The maximum absolute atomic E-state index is 9.79. The summed E-state index contributed by atoms with van der Waals surface area (Å²) in [7, 11) is 0. The van der Waals surface area contributed by atoms with Crippen LogP contribution >= 0.6 is 0 Å². The van der Waals surface area contributed by atoms with Crippen molar-refractivity contribution in [3.05, 3.63) is 12.2 Å². The first-order valence-corrected chi connectivity index (χ1v) is 4.11. The van der Waals surface area contributed by atoms with E-state index in [1.54, 1.807) is 0 Å². The van der Waals surface area contributed by atoms with E-state index in [2.05, 4.69) is 11.6 Å². The first-order valence-electron chi connectivity index (χ1n) is 4.11. The molecule has 0 saturated carbocycles. The van der Waals surface area contributed by atoms with Crippen LogP contribution < -0.4 is 0 Å². The van der Waals surface area contributed by atoms with E-state index >= 15 is 0 Å². The van der Waals surface area contributed by atoms with Crippen LogP contribution in [0.3, 0.4) is 0 Å². The third-order valence-electron chi connectivity index (χ3n) is 1.97. The van der Waals surface area contributed by atoms with Crippen molar-refractivity contribution < 1.29 is 9.53 Å². The molecule has 3 nitrogen and oxygen atoms in total. The lowest BCUT2D eigenvalue weighted by Gasteiger charge is -2.06. The predicted octanol–water partition coefficient (Wildman–Crippen LogP) is 1.30. The fourth-order valence-corrected chi connectivity index (χ4v) is 1.36. The molecular formula is C9H13NO2. The van der Waals surface area contributed by atoms with Gasteiger partial charge in [0.15, 0.2) is 0 Å². The van der Waals surface area contributed by atoms with Crippen LogP contribution in [-0.2, 0) is 9.53 Å². The van der Waals surface area contributed by atoms with E-state index in [4.69, 9.17) is 4.74 Å². The van der Waals surface area contributed by atoms with Crippen molar-refractivity contribution in [2.45, 2.75) is 12.8 Å². The minimum Gasteiger partial charge on any atom is -0.381 e. The molecule has 1 atom stereocenters. The fourth-order valence-electron chi connectivity index (χ4n) is 1.36. The van der Waals surface area contributed by atoms with Crippen molar-refractivity contribution >= 4 is 6.08 Å². The van der Waals surface area contributed by atoms with E-state index in [1.807, 2.05) is 0 Å². The number of nitrogens with zero attached hydrogens (tertiary/aromatic N) is 1. The fraction of sp³-hybridized carbons (Fsp3) is 0.667. The van der Waals surface area contributed by atoms with E-state index < -0.39 is 0 Å². The molecule has 0 aliphatic carbocycles. The van der Waals surface area contributed by atoms with E-state index in [-0.39, 0.29) is 0 Å². The molecule has 0 bridgehead atoms. The predicted molar refractivity (Wildman–Crippen MR) is 45.7 cm³/mol. The van der Waals surface area contributed by atoms with Crippen molar-refractivity contribution in [2.24, 2.45) is 10.9 Å². The summed E-state index contributed by atoms with van der Waals surface area (Å²) in [6, 6.07) is 0. The zero-order chi connectivity index (χ0) is 8.81. The van der Waals surface area contributed by atoms with Gasteiger partial charge in [0.1, 0.15) is 0 Å². The summed E-state index contributed by atoms with van der Waals surface area (Å²) < 4.78 is 5.21. The van der Waals surface area contributed by atoms with Crippen LogP contribution in [0.15, 0.2) is 17.1 Å². The number of hydrogen-bond donors (Lipinski definition) is 0. The summed E-state index contributed by atoms with van der Waals surface area (Å²) in [5.74, 6) is 0.583. The molecule has 0 spiro atoms. The molecule has 66 valence electrons. The Labute approximate surface area is 72.1 Å². The second-order valence-corrected chi connectivity index (χ2v) is 3.09. The van der Waals surface area contributed by atoms with E-state index in [0.29, 0.717) is 12.5 Å². The summed E-state index contributed by atoms with van der Waals surface area (Å²) >= 11 is 0. The van der Waals surface area contributed by atoms with Crippen molar-refractivity contribution in [2.75, 3.05) is 19.8 Å². The highest BCUT2D eigenvalue weighted by molar-refractivity contribution is 5.33. The van der Waals surface area contributed by atoms with Crippen LogP contribution in [0, 0.1) is 5.92 Å². The molecular weight excluding hydrogens is 154 g/mol. The Hall–Kier alpha value is -0.920. The molecule has 1 aliphatic rings. The topological polar surface area (TPSA) is 38.7 Å². The van der Waals surface area contributed by atoms with Crippen molar-refractivity contribution in [1.82, 2.24) is 0 Å². The monoisotopic (exact) mass is 167 g/mol. The van der Waals surface area contributed by atoms with Crippen LogP contribution in [0.1, 0.15) is 12.8 Å². The van der Waals surface area contributed by atoms with Crippen LogP contribution in [0.5, 0.6) is 0 Å². The lowest BCUT2D eigenvalue weighted by molar-refractivity contribution is 0.186. The van der Waals surface area contributed by atoms with Gasteiger partial charge in [-0.1, -0.05) is 12.2 Å². The summed E-state index contributed by atoms with van der Waals surface area (Å²) in [5.41, 5.74) is 0.994. The van der Waals surface area contributed by atoms with Gasteiger partial charge in [0.05, 0.1) is 6.54 Å². The lowest BCUT2D eigenvalue weighted by atomic mass is 10.00. The second-order valence-electron chi connectivity index (χ2n) is 3.09. The van der Waals surface area contributed by atoms with Gasteiger partial charge >= 0.3 is 0 Å². The molecule has 0 aromatic rings. The SMILES string of the molecule is C=C(CN=C=O)CC1CCOC1. The van der Waals surface area contributed by atoms with Crippen molar-refractivity contribution in [1.29, 1.82) is 0 Å². The molecule has 3 heteroatoms. The zero-order valence-electron chi connectivity index (χ0n) is 7.08. The quantitative estimate of drug-likeness (QED) is 0.359. The van der Waals surface area contributed by atoms with Crippen LogP contribution in [0.4, 0.5) is 0 Å². The van der Waals surface area contributed by atoms with Crippen LogP contribution in [0.25, 0.3) is 0 Å². The Morgan fingerprint density at radius 2 is 2.58 bits per heavy atom. The highest BCUT2D eigenvalue weighted by Gasteiger charge is 2.15. The maximum Gasteiger partial charge on any atom is 0.235 e. The van der Waals surface area contributed by atoms with Crippen LogP contribution in [0.2, 0.25) is 0 Å². The number of rotatable bonds is 4. The highest BCUT2D eigenvalue weighted by atomic mass is 16.5. The molecule has 12 heavy (non-hydrogen) atoms. The molecule has 0 amide bonds. The second kappa shape index (κ2) is 4.86. The van der Waals surface area contributed by atoms with Gasteiger partial charge in [-0.3, -0.25) is 0 Å². The number of ether oxygens (including phenoxy) is 1. The van der Waals surface area contributed by atoms with Crippen LogP contribution in [-0.4, -0.2) is 25.8 Å². The van der Waals surface area contributed by atoms with E-state index in [9.17, 15) is 4.79 Å². The Morgan fingerprint density at radius 1 is 1.75 bits per heavy atom. The number of aliphatic imine (C=N–C) groups is 1. The molecule has 1 heterocycles. The molecule has 1 saturated heterocycles. The Morgan fingerprint density at radius 3 is 3.17 bits per heavy atom. The molecule has 0 N–H and O–H groups in total. The number of carbonyl (C=O) groups excluding carboxylic acids is 1. The molecule has 1 unspecified atom stereocenters. The van der Waals surface area contributed by atoms with Gasteiger partial charge in [-0.05, 0) is 18.8 Å². The Balaban J connectivity index is 2.20. The average Bonchev–Trinajstić information content (AvgIpc) is 2.53. The average molecular weight is 167 g/mol. The van der Waals surface area contributed by atoms with Gasteiger partial charge in [0.25, 0.3) is 0 Å². The van der Waals surface area contributed by atoms with Gasteiger partial charge in [0, 0.05) is 13.2 Å². The standard InChI is InChI=1S/C9H13NO2/c1-8(5-10-7-11)4-9-2-3-12-6-9/h9H,1-6H2. The molecule has 0 aromatic carbocycles.